The molecule has 0 amide bonds. The highest BCUT2D eigenvalue weighted by molar-refractivity contribution is 5.66. The number of nitrogens with zero attached hydrogens (tertiary/aromatic N) is 1. The average Bonchev–Trinajstić information content (AvgIpc) is 3.47. The summed E-state index contributed by atoms with van der Waals surface area (Å²) in [7, 11) is 3.16. The van der Waals surface area contributed by atoms with Crippen LogP contribution in [0.2, 0.25) is 0 Å². The lowest BCUT2D eigenvalue weighted by molar-refractivity contribution is -0.225. The fourth-order valence-electron chi connectivity index (χ4n) is 6.89. The number of carbonyl (C=O) groups is 1. The predicted molar refractivity (Wildman–Crippen MR) is 170 cm³/mol. The molecule has 1 aliphatic carbocycles. The van der Waals surface area contributed by atoms with Crippen molar-refractivity contribution in [1.29, 1.82) is 0 Å². The second-order valence-corrected chi connectivity index (χ2v) is 11.9. The Bertz CT molecular complexity index is 1810. The van der Waals surface area contributed by atoms with Crippen molar-refractivity contribution in [3.63, 3.8) is 0 Å². The van der Waals surface area contributed by atoms with Crippen LogP contribution >= 0.6 is 0 Å². The maximum absolute atomic E-state index is 13.0. The van der Waals surface area contributed by atoms with Crippen LogP contribution in [-0.2, 0) is 24.6 Å². The van der Waals surface area contributed by atoms with Crippen molar-refractivity contribution in [3.05, 3.63) is 128 Å². The van der Waals surface area contributed by atoms with Gasteiger partial charge in [0.15, 0.2) is 11.7 Å². The largest absolute Gasteiger partial charge is 0.497 e. The lowest BCUT2D eigenvalue weighted by Crippen LogP contribution is -2.59. The van der Waals surface area contributed by atoms with Gasteiger partial charge in [-0.3, -0.25) is 19.1 Å². The number of hydrogen-bond acceptors (Lipinski definition) is 10. The van der Waals surface area contributed by atoms with Crippen LogP contribution < -0.4 is 26.5 Å². The molecule has 2 heterocycles. The second kappa shape index (κ2) is 12.5. The Morgan fingerprint density at radius 3 is 2.04 bits per heavy atom. The van der Waals surface area contributed by atoms with Gasteiger partial charge in [0.25, 0.3) is 5.56 Å². The third-order valence-corrected chi connectivity index (χ3v) is 9.21. The number of hydrogen-bond donors (Lipinski definition) is 3. The van der Waals surface area contributed by atoms with E-state index in [1.807, 2.05) is 78.9 Å². The smallest absolute Gasteiger partial charge is 0.330 e. The first kappa shape index (κ1) is 32.2. The van der Waals surface area contributed by atoms with Crippen molar-refractivity contribution < 1.29 is 33.6 Å². The molecule has 1 saturated heterocycles. The average molecular weight is 644 g/mol. The molecule has 0 unspecified atom stereocenters. The maximum Gasteiger partial charge on any atom is 0.330 e. The summed E-state index contributed by atoms with van der Waals surface area (Å²) < 4.78 is 31.4. The normalized spacial score (nSPS) is 25.0. The molecule has 47 heavy (non-hydrogen) atoms. The fourth-order valence-corrected chi connectivity index (χ4v) is 6.89. The number of benzene rings is 3. The van der Waals surface area contributed by atoms with E-state index < -0.39 is 58.8 Å². The zero-order valence-electron chi connectivity index (χ0n) is 26.4. The van der Waals surface area contributed by atoms with Crippen molar-refractivity contribution >= 4 is 5.97 Å². The Hall–Kier alpha value is -4.75. The Labute approximate surface area is 270 Å². The van der Waals surface area contributed by atoms with Gasteiger partial charge in [-0.2, -0.15) is 0 Å². The van der Waals surface area contributed by atoms with Gasteiger partial charge in [-0.15, -0.1) is 0 Å². The summed E-state index contributed by atoms with van der Waals surface area (Å²) in [5.41, 5.74) is 4.88. The van der Waals surface area contributed by atoms with Crippen LogP contribution in [0.5, 0.6) is 11.5 Å². The Kier molecular flexibility index (Phi) is 8.53. The van der Waals surface area contributed by atoms with E-state index in [4.69, 9.17) is 29.4 Å². The highest BCUT2D eigenvalue weighted by Gasteiger charge is 2.71. The van der Waals surface area contributed by atoms with E-state index in [9.17, 15) is 19.5 Å². The zero-order valence-corrected chi connectivity index (χ0v) is 26.4. The van der Waals surface area contributed by atoms with E-state index in [2.05, 4.69) is 4.98 Å². The van der Waals surface area contributed by atoms with Gasteiger partial charge in [-0.05, 0) is 47.9 Å². The third kappa shape index (κ3) is 5.32. The molecule has 2 fully saturated rings. The monoisotopic (exact) mass is 643 g/mol. The number of fused-ring (bicyclic) bond motifs is 2. The van der Waals surface area contributed by atoms with Crippen molar-refractivity contribution in [2.75, 3.05) is 20.8 Å². The number of H-pyrrole nitrogens is 1. The summed E-state index contributed by atoms with van der Waals surface area (Å²) in [6.45, 7) is 2.48. The number of rotatable bonds is 10. The molecule has 4 N–H and O–H groups in total. The number of esters is 1. The number of methoxy groups -OCH3 is 2. The standard InChI is InChI=1S/C35H37N3O9/c1-20-18-38(33(42)37-31(20)41)32-27-28(36)30(46-21(2)39)34(47-32,29(27)40)19-45-35(22-8-6-5-7-9-22,23-10-14-25(43-3)15-11-23)24-12-16-26(44-4)17-13-24/h5-18,27-30,32,40H,19,36H2,1-4H3,(H,37,41,42)/t27-,28-,29+,30+,32-,34-/m1/s1. The van der Waals surface area contributed by atoms with Gasteiger partial charge < -0.3 is 34.5 Å². The van der Waals surface area contributed by atoms with Gasteiger partial charge in [0.2, 0.25) is 0 Å². The molecule has 0 radical (unpaired) electrons. The molecule has 246 valence electrons. The highest BCUT2D eigenvalue weighted by atomic mass is 16.6. The number of nitrogens with one attached hydrogen (secondary N) is 1. The molecule has 4 aromatic rings. The van der Waals surface area contributed by atoms with Crippen LogP contribution in [0.4, 0.5) is 0 Å². The number of aryl methyl sites for hydroxylation is 1. The first-order valence-electron chi connectivity index (χ1n) is 15.1. The van der Waals surface area contributed by atoms with E-state index in [1.165, 1.54) is 17.7 Å². The molecule has 12 nitrogen and oxygen atoms in total. The number of nitrogens with two attached hydrogens (primary N) is 1. The van der Waals surface area contributed by atoms with Gasteiger partial charge in [0.1, 0.15) is 23.3 Å². The zero-order chi connectivity index (χ0) is 33.5. The van der Waals surface area contributed by atoms with Gasteiger partial charge >= 0.3 is 11.7 Å². The molecule has 2 bridgehead atoms. The van der Waals surface area contributed by atoms with Gasteiger partial charge in [-0.1, -0.05) is 54.6 Å². The molecule has 3 aromatic carbocycles. The van der Waals surface area contributed by atoms with Crippen molar-refractivity contribution in [1.82, 2.24) is 9.55 Å². The van der Waals surface area contributed by atoms with Gasteiger partial charge in [-0.25, -0.2) is 4.79 Å². The minimum absolute atomic E-state index is 0.267. The van der Waals surface area contributed by atoms with Crippen molar-refractivity contribution in [2.24, 2.45) is 11.7 Å². The van der Waals surface area contributed by atoms with Crippen LogP contribution in [0.15, 0.2) is 94.6 Å². The first-order valence-corrected chi connectivity index (χ1v) is 15.1. The Morgan fingerprint density at radius 2 is 1.51 bits per heavy atom. The third-order valence-electron chi connectivity index (χ3n) is 9.21. The summed E-state index contributed by atoms with van der Waals surface area (Å²) in [5.74, 6) is -0.231. The molecule has 1 saturated carbocycles. The minimum Gasteiger partial charge on any atom is -0.497 e. The summed E-state index contributed by atoms with van der Waals surface area (Å²) in [6, 6.07) is 23.4. The second-order valence-electron chi connectivity index (χ2n) is 11.9. The summed E-state index contributed by atoms with van der Waals surface area (Å²) in [4.78, 5) is 39.8. The van der Waals surface area contributed by atoms with Crippen LogP contribution in [0.3, 0.4) is 0 Å². The minimum atomic E-state index is -1.71. The summed E-state index contributed by atoms with van der Waals surface area (Å²) in [6.07, 6.45) is -2.18. The summed E-state index contributed by atoms with van der Waals surface area (Å²) >= 11 is 0. The van der Waals surface area contributed by atoms with E-state index in [0.717, 1.165) is 16.7 Å². The molecule has 1 aromatic heterocycles. The molecule has 12 heteroatoms. The molecule has 0 spiro atoms. The molecule has 6 atom stereocenters. The van der Waals surface area contributed by atoms with Gasteiger partial charge in [0.05, 0.1) is 38.9 Å². The summed E-state index contributed by atoms with van der Waals surface area (Å²) in [5, 5.41) is 11.9. The lowest BCUT2D eigenvalue weighted by Gasteiger charge is -2.43. The first-order chi connectivity index (χ1) is 22.5. The molecule has 2 aliphatic rings. The van der Waals surface area contributed by atoms with Crippen LogP contribution in [-0.4, -0.2) is 65.3 Å². The van der Waals surface area contributed by atoms with Crippen LogP contribution in [0, 0.1) is 12.8 Å². The van der Waals surface area contributed by atoms with Crippen molar-refractivity contribution in [2.45, 2.75) is 49.5 Å². The number of aromatic nitrogens is 2. The number of aliphatic hydroxyl groups is 1. The van der Waals surface area contributed by atoms with E-state index in [0.29, 0.717) is 11.5 Å². The number of ether oxygens (including phenoxy) is 5. The quantitative estimate of drug-likeness (QED) is 0.173. The van der Waals surface area contributed by atoms with Crippen LogP contribution in [0.25, 0.3) is 0 Å². The maximum atomic E-state index is 13.0. The Balaban J connectivity index is 1.51. The molecule has 6 rings (SSSR count). The fraction of sp³-hybridized carbons (Fsp3) is 0.343. The topological polar surface area (TPSA) is 164 Å². The SMILES string of the molecule is COc1ccc(C(OC[C@]23O[C@@H](n4cc(C)c(=O)[nH]c4=O)[C@H]([C@@H](N)[C@@H]2OC(C)=O)[C@@H]3O)(c2ccccc2)c2ccc(OC)cc2)cc1. The van der Waals surface area contributed by atoms with E-state index in [1.54, 1.807) is 21.1 Å². The molecular formula is C35H37N3O9. The molecular weight excluding hydrogens is 606 g/mol. The van der Waals surface area contributed by atoms with E-state index in [-0.39, 0.29) is 12.2 Å². The van der Waals surface area contributed by atoms with Crippen LogP contribution in [0.1, 0.15) is 35.4 Å². The Morgan fingerprint density at radius 1 is 0.957 bits per heavy atom. The van der Waals surface area contributed by atoms with E-state index >= 15 is 0 Å². The number of aromatic amines is 1. The highest BCUT2D eigenvalue weighted by Crippen LogP contribution is 2.54. The van der Waals surface area contributed by atoms with Gasteiger partial charge in [0, 0.05) is 18.7 Å². The van der Waals surface area contributed by atoms with Crippen molar-refractivity contribution in [3.8, 4) is 11.5 Å². The molecule has 1 aliphatic heterocycles. The predicted octanol–water partition coefficient (Wildman–Crippen LogP) is 2.39. The number of aliphatic hydroxyl groups excluding tert-OH is 1. The lowest BCUT2D eigenvalue weighted by atomic mass is 9.79. The number of carbonyl (C=O) groups excluding carboxylic acids is 1.